The van der Waals surface area contributed by atoms with Crippen LogP contribution in [0.15, 0.2) is 12.2 Å². The zero-order valence-corrected chi connectivity index (χ0v) is 5.77. The minimum absolute atomic E-state index is 0.00694. The van der Waals surface area contributed by atoms with Crippen LogP contribution in [0.25, 0.3) is 0 Å². The van der Waals surface area contributed by atoms with Crippen molar-refractivity contribution in [3.05, 3.63) is 12.2 Å². The van der Waals surface area contributed by atoms with Gasteiger partial charge in [-0.2, -0.15) is 0 Å². The van der Waals surface area contributed by atoms with E-state index in [9.17, 15) is 4.79 Å². The Balaban J connectivity index is 2.47. The quantitative estimate of drug-likeness (QED) is 0.476. The Morgan fingerprint density at radius 2 is 2.22 bits per heavy atom. The largest absolute Gasteiger partial charge is 0.294 e. The van der Waals surface area contributed by atoms with Crippen LogP contribution in [0.2, 0.25) is 0 Å². The summed E-state index contributed by atoms with van der Waals surface area (Å²) >= 11 is 0. The van der Waals surface area contributed by atoms with Gasteiger partial charge in [-0.1, -0.05) is 19.9 Å². The molecule has 1 nitrogen and oxygen atoms in total. The Morgan fingerprint density at radius 1 is 1.56 bits per heavy atom. The Morgan fingerprint density at radius 3 is 2.33 bits per heavy atom. The topological polar surface area (TPSA) is 17.1 Å². The van der Waals surface area contributed by atoms with Crippen LogP contribution in [0.1, 0.15) is 20.3 Å². The summed E-state index contributed by atoms with van der Waals surface area (Å²) < 4.78 is 0. The van der Waals surface area contributed by atoms with Gasteiger partial charge in [0.05, 0.1) is 0 Å². The number of carbonyl (C=O) groups is 1. The summed E-state index contributed by atoms with van der Waals surface area (Å²) in [6.07, 6.45) is 4.84. The highest BCUT2D eigenvalue weighted by Gasteiger charge is 2.66. The molecule has 2 aliphatic rings. The van der Waals surface area contributed by atoms with Crippen LogP contribution in [0.3, 0.4) is 0 Å². The molecule has 2 aliphatic carbocycles. The van der Waals surface area contributed by atoms with Crippen molar-refractivity contribution in [3.8, 4) is 0 Å². The van der Waals surface area contributed by atoms with Gasteiger partial charge in [-0.3, -0.25) is 4.79 Å². The van der Waals surface area contributed by atoms with Crippen LogP contribution in [0, 0.1) is 10.8 Å². The fourth-order valence-corrected chi connectivity index (χ4v) is 1.75. The molecular formula is C8H10O. The second-order valence-corrected chi connectivity index (χ2v) is 3.62. The van der Waals surface area contributed by atoms with Gasteiger partial charge in [0.1, 0.15) is 0 Å². The minimum atomic E-state index is 0.00694. The maximum atomic E-state index is 11.1. The van der Waals surface area contributed by atoms with Crippen LogP contribution >= 0.6 is 0 Å². The van der Waals surface area contributed by atoms with Gasteiger partial charge in [-0.15, -0.1) is 0 Å². The summed E-state index contributed by atoms with van der Waals surface area (Å²) in [5.41, 5.74) is 0.247. The Bertz CT molecular complexity index is 217. The molecule has 2 atom stereocenters. The van der Waals surface area contributed by atoms with Crippen molar-refractivity contribution in [2.24, 2.45) is 10.8 Å². The van der Waals surface area contributed by atoms with E-state index >= 15 is 0 Å². The molecule has 1 heteroatoms. The first-order valence-corrected chi connectivity index (χ1v) is 3.32. The molecule has 2 rings (SSSR count). The average Bonchev–Trinajstić information content (AvgIpc) is 2.26. The van der Waals surface area contributed by atoms with E-state index < -0.39 is 0 Å². The van der Waals surface area contributed by atoms with Crippen LogP contribution < -0.4 is 0 Å². The first-order chi connectivity index (χ1) is 4.08. The van der Waals surface area contributed by atoms with E-state index in [4.69, 9.17) is 0 Å². The maximum absolute atomic E-state index is 11.1. The number of hydrogen-bond donors (Lipinski definition) is 0. The van der Waals surface area contributed by atoms with Crippen molar-refractivity contribution in [1.82, 2.24) is 0 Å². The average molecular weight is 122 g/mol. The molecule has 0 heterocycles. The predicted molar refractivity (Wildman–Crippen MR) is 35.0 cm³/mol. The van der Waals surface area contributed by atoms with Gasteiger partial charge in [0.15, 0.2) is 5.78 Å². The number of rotatable bonds is 0. The summed E-state index contributed by atoms with van der Waals surface area (Å²) in [5.74, 6) is 0.324. The number of fused-ring (bicyclic) bond motifs is 1. The molecule has 0 aliphatic heterocycles. The first-order valence-electron chi connectivity index (χ1n) is 3.32. The molecule has 0 aromatic rings. The molecule has 1 saturated carbocycles. The van der Waals surface area contributed by atoms with Crippen molar-refractivity contribution in [2.75, 3.05) is 0 Å². The maximum Gasteiger partial charge on any atom is 0.162 e. The van der Waals surface area contributed by atoms with E-state index in [1.807, 2.05) is 0 Å². The highest BCUT2D eigenvalue weighted by Crippen LogP contribution is 2.67. The zero-order valence-electron chi connectivity index (χ0n) is 5.77. The predicted octanol–water partition coefficient (Wildman–Crippen LogP) is 1.54. The monoisotopic (exact) mass is 122 g/mol. The molecular weight excluding hydrogens is 112 g/mol. The fourth-order valence-electron chi connectivity index (χ4n) is 1.75. The molecule has 48 valence electrons. The highest BCUT2D eigenvalue weighted by atomic mass is 16.1. The lowest BCUT2D eigenvalue weighted by Gasteiger charge is -2.02. The van der Waals surface area contributed by atoms with E-state index in [-0.39, 0.29) is 10.8 Å². The highest BCUT2D eigenvalue weighted by molar-refractivity contribution is 6.01. The molecule has 0 unspecified atom stereocenters. The second kappa shape index (κ2) is 1.00. The normalized spacial score (nSPS) is 53.8. The molecule has 0 aromatic heterocycles. The zero-order chi connectivity index (χ0) is 6.70. The molecule has 9 heavy (non-hydrogen) atoms. The third-order valence-corrected chi connectivity index (χ3v) is 3.00. The van der Waals surface area contributed by atoms with Crippen molar-refractivity contribution < 1.29 is 4.79 Å². The third kappa shape index (κ3) is 0.364. The van der Waals surface area contributed by atoms with E-state index in [1.54, 1.807) is 6.08 Å². The van der Waals surface area contributed by atoms with Gasteiger partial charge in [-0.05, 0) is 17.9 Å². The van der Waals surface area contributed by atoms with Gasteiger partial charge < -0.3 is 0 Å². The van der Waals surface area contributed by atoms with Crippen molar-refractivity contribution in [2.45, 2.75) is 20.3 Å². The SMILES string of the molecule is C[C@@]12C=CC(=O)[C@]1(C)C2. The van der Waals surface area contributed by atoms with Crippen molar-refractivity contribution >= 4 is 5.78 Å². The van der Waals surface area contributed by atoms with E-state index in [2.05, 4.69) is 19.9 Å². The fraction of sp³-hybridized carbons (Fsp3) is 0.625. The number of hydrogen-bond acceptors (Lipinski definition) is 1. The van der Waals surface area contributed by atoms with Gasteiger partial charge in [0.2, 0.25) is 0 Å². The first kappa shape index (κ1) is 5.21. The van der Waals surface area contributed by atoms with Gasteiger partial charge in [-0.25, -0.2) is 0 Å². The summed E-state index contributed by atoms with van der Waals surface area (Å²) in [6.45, 7) is 4.20. The second-order valence-electron chi connectivity index (χ2n) is 3.62. The molecule has 1 fully saturated rings. The van der Waals surface area contributed by atoms with Crippen LogP contribution in [-0.4, -0.2) is 5.78 Å². The van der Waals surface area contributed by atoms with E-state index in [0.29, 0.717) is 5.78 Å². The van der Waals surface area contributed by atoms with Crippen LogP contribution in [-0.2, 0) is 4.79 Å². The molecule has 0 aromatic carbocycles. The van der Waals surface area contributed by atoms with Crippen molar-refractivity contribution in [1.29, 1.82) is 0 Å². The lowest BCUT2D eigenvalue weighted by Crippen LogP contribution is -2.09. The van der Waals surface area contributed by atoms with E-state index in [1.165, 1.54) is 0 Å². The standard InChI is InChI=1S/C8H10O/c1-7-4-3-6(9)8(7,2)5-7/h3-4H,5H2,1-2H3/t7-,8-/m0/s1. The van der Waals surface area contributed by atoms with Gasteiger partial charge in [0, 0.05) is 5.41 Å². The third-order valence-electron chi connectivity index (χ3n) is 3.00. The minimum Gasteiger partial charge on any atom is -0.294 e. The summed E-state index contributed by atoms with van der Waals surface area (Å²) in [5, 5.41) is 0. The molecule has 0 saturated heterocycles. The number of ketones is 1. The summed E-state index contributed by atoms with van der Waals surface area (Å²) in [6, 6.07) is 0. The Hall–Kier alpha value is -0.590. The lowest BCUT2D eigenvalue weighted by molar-refractivity contribution is -0.118. The summed E-state index contributed by atoms with van der Waals surface area (Å²) in [4.78, 5) is 11.1. The van der Waals surface area contributed by atoms with Crippen molar-refractivity contribution in [3.63, 3.8) is 0 Å². The van der Waals surface area contributed by atoms with Crippen LogP contribution in [0.4, 0.5) is 0 Å². The smallest absolute Gasteiger partial charge is 0.162 e. The Labute approximate surface area is 54.8 Å². The summed E-state index contributed by atoms with van der Waals surface area (Å²) in [7, 11) is 0. The Kier molecular flexibility index (Phi) is 0.582. The number of allylic oxidation sites excluding steroid dienone is 2. The van der Waals surface area contributed by atoms with Gasteiger partial charge >= 0.3 is 0 Å². The molecule has 0 amide bonds. The number of carbonyl (C=O) groups excluding carboxylic acids is 1. The molecule has 0 bridgehead atoms. The molecule has 0 N–H and O–H groups in total. The van der Waals surface area contributed by atoms with E-state index in [0.717, 1.165) is 6.42 Å². The van der Waals surface area contributed by atoms with Gasteiger partial charge in [0.25, 0.3) is 0 Å². The lowest BCUT2D eigenvalue weighted by atomic mass is 9.99. The molecule has 0 radical (unpaired) electrons. The van der Waals surface area contributed by atoms with Crippen LogP contribution in [0.5, 0.6) is 0 Å². The molecule has 0 spiro atoms.